The summed E-state index contributed by atoms with van der Waals surface area (Å²) in [5.74, 6) is 0.172. The second-order valence-corrected chi connectivity index (χ2v) is 6.97. The fourth-order valence-electron chi connectivity index (χ4n) is 2.87. The number of carbonyl (C=O) groups excluding carboxylic acids is 1. The average Bonchev–Trinajstić information content (AvgIpc) is 2.97. The van der Waals surface area contributed by atoms with E-state index in [9.17, 15) is 4.79 Å². The number of hydrogen-bond donors (Lipinski definition) is 1. The van der Waals surface area contributed by atoms with Gasteiger partial charge in [-0.15, -0.1) is 12.4 Å². The number of nitrogens with one attached hydrogen (secondary N) is 1. The molecule has 1 amide bonds. The smallest absolute Gasteiger partial charge is 0.254 e. The highest BCUT2D eigenvalue weighted by atomic mass is 35.5. The Morgan fingerprint density at radius 1 is 1.27 bits per heavy atom. The highest BCUT2D eigenvalue weighted by molar-refractivity contribution is 5.94. The molecule has 0 aromatic heterocycles. The predicted octanol–water partition coefficient (Wildman–Crippen LogP) is 3.62. The zero-order chi connectivity index (χ0) is 15.5. The molecule has 1 unspecified atom stereocenters. The first-order valence-electron chi connectivity index (χ1n) is 8.05. The Labute approximate surface area is 140 Å². The molecule has 1 aromatic rings. The molecule has 1 fully saturated rings. The third-order valence-electron chi connectivity index (χ3n) is 4.20. The number of carbonyl (C=O) groups is 1. The number of halogens is 1. The summed E-state index contributed by atoms with van der Waals surface area (Å²) in [5.41, 5.74) is 2.20. The lowest BCUT2D eigenvalue weighted by Gasteiger charge is -2.28. The van der Waals surface area contributed by atoms with Crippen LogP contribution in [0.5, 0.6) is 0 Å². The summed E-state index contributed by atoms with van der Waals surface area (Å²) in [6, 6.07) is 8.48. The molecule has 1 heterocycles. The van der Waals surface area contributed by atoms with Crippen molar-refractivity contribution >= 4 is 18.3 Å². The molecule has 1 N–H and O–H groups in total. The highest BCUT2D eigenvalue weighted by Gasteiger charge is 2.26. The van der Waals surface area contributed by atoms with E-state index in [4.69, 9.17) is 0 Å². The van der Waals surface area contributed by atoms with E-state index >= 15 is 0 Å². The van der Waals surface area contributed by atoms with Crippen LogP contribution in [0.15, 0.2) is 24.3 Å². The minimum absolute atomic E-state index is 0. The fraction of sp³-hybridized carbons (Fsp3) is 0.611. The van der Waals surface area contributed by atoms with Crippen LogP contribution in [0.4, 0.5) is 0 Å². The van der Waals surface area contributed by atoms with Crippen molar-refractivity contribution in [3.63, 3.8) is 0 Å². The first kappa shape index (κ1) is 19.0. The molecule has 3 nitrogen and oxygen atoms in total. The van der Waals surface area contributed by atoms with Crippen molar-refractivity contribution in [3.8, 4) is 0 Å². The van der Waals surface area contributed by atoms with Crippen LogP contribution in [0.25, 0.3) is 0 Å². The van der Waals surface area contributed by atoms with Crippen LogP contribution in [-0.2, 0) is 5.41 Å². The quantitative estimate of drug-likeness (QED) is 0.917. The molecule has 1 aliphatic rings. The number of benzene rings is 1. The van der Waals surface area contributed by atoms with E-state index in [-0.39, 0.29) is 23.7 Å². The molecule has 0 saturated carbocycles. The van der Waals surface area contributed by atoms with Crippen LogP contribution in [0.1, 0.15) is 56.5 Å². The molecular formula is C18H29ClN2O. The van der Waals surface area contributed by atoms with Gasteiger partial charge in [0, 0.05) is 24.7 Å². The van der Waals surface area contributed by atoms with Gasteiger partial charge in [-0.25, -0.2) is 0 Å². The van der Waals surface area contributed by atoms with Gasteiger partial charge in [-0.05, 0) is 42.5 Å². The van der Waals surface area contributed by atoms with Crippen molar-refractivity contribution in [1.29, 1.82) is 0 Å². The molecule has 2 rings (SSSR count). The van der Waals surface area contributed by atoms with Crippen LogP contribution in [0.2, 0.25) is 0 Å². The third kappa shape index (κ3) is 4.47. The monoisotopic (exact) mass is 324 g/mol. The van der Waals surface area contributed by atoms with E-state index < -0.39 is 0 Å². The van der Waals surface area contributed by atoms with Gasteiger partial charge in [-0.2, -0.15) is 0 Å². The zero-order valence-corrected chi connectivity index (χ0v) is 15.0. The topological polar surface area (TPSA) is 32.3 Å². The molecule has 1 saturated heterocycles. The van der Waals surface area contributed by atoms with E-state index in [0.717, 1.165) is 38.0 Å². The maximum absolute atomic E-state index is 12.8. The largest absolute Gasteiger partial charge is 0.334 e. The summed E-state index contributed by atoms with van der Waals surface area (Å²) in [6.45, 7) is 11.5. The Kier molecular flexibility index (Phi) is 6.89. The van der Waals surface area contributed by atoms with Crippen molar-refractivity contribution in [2.24, 2.45) is 0 Å². The van der Waals surface area contributed by atoms with Crippen LogP contribution < -0.4 is 5.32 Å². The Morgan fingerprint density at radius 2 is 1.91 bits per heavy atom. The maximum atomic E-state index is 12.8. The first-order valence-corrected chi connectivity index (χ1v) is 8.05. The van der Waals surface area contributed by atoms with Gasteiger partial charge in [0.25, 0.3) is 5.91 Å². The van der Waals surface area contributed by atoms with E-state index in [1.54, 1.807) is 0 Å². The summed E-state index contributed by atoms with van der Waals surface area (Å²) >= 11 is 0. The second kappa shape index (κ2) is 7.98. The Balaban J connectivity index is 0.00000242. The Morgan fingerprint density at radius 3 is 2.36 bits per heavy atom. The van der Waals surface area contributed by atoms with Gasteiger partial charge in [0.1, 0.15) is 0 Å². The molecule has 22 heavy (non-hydrogen) atoms. The molecule has 1 aromatic carbocycles. The van der Waals surface area contributed by atoms with Gasteiger partial charge in [-0.1, -0.05) is 39.8 Å². The van der Waals surface area contributed by atoms with Crippen molar-refractivity contribution < 1.29 is 4.79 Å². The van der Waals surface area contributed by atoms with E-state index in [1.807, 2.05) is 17.0 Å². The Bertz CT molecular complexity index is 473. The first-order chi connectivity index (χ1) is 9.93. The number of amides is 1. The van der Waals surface area contributed by atoms with Gasteiger partial charge in [-0.3, -0.25) is 4.79 Å². The van der Waals surface area contributed by atoms with Gasteiger partial charge >= 0.3 is 0 Å². The van der Waals surface area contributed by atoms with Crippen molar-refractivity contribution in [2.75, 3.05) is 19.6 Å². The predicted molar refractivity (Wildman–Crippen MR) is 95.0 cm³/mol. The lowest BCUT2D eigenvalue weighted by atomic mass is 9.86. The number of nitrogens with zero attached hydrogens (tertiary/aromatic N) is 1. The summed E-state index contributed by atoms with van der Waals surface area (Å²) in [4.78, 5) is 14.8. The lowest BCUT2D eigenvalue weighted by molar-refractivity contribution is 0.0692. The lowest BCUT2D eigenvalue weighted by Crippen LogP contribution is -2.42. The van der Waals surface area contributed by atoms with Crippen molar-refractivity contribution in [2.45, 2.75) is 52.0 Å². The van der Waals surface area contributed by atoms with Gasteiger partial charge < -0.3 is 10.2 Å². The molecule has 0 aliphatic carbocycles. The maximum Gasteiger partial charge on any atom is 0.254 e. The van der Waals surface area contributed by atoms with Crippen molar-refractivity contribution in [3.05, 3.63) is 35.4 Å². The molecule has 0 radical (unpaired) electrons. The van der Waals surface area contributed by atoms with Gasteiger partial charge in [0.05, 0.1) is 0 Å². The summed E-state index contributed by atoms with van der Waals surface area (Å²) in [5, 5.41) is 3.35. The third-order valence-corrected chi connectivity index (χ3v) is 4.20. The standard InChI is InChI=1S/C18H28N2O.ClH/c1-5-12-20(16-10-11-19-13-16)17(21)14-6-8-15(9-7-14)18(2,3)4;/h6-9,16,19H,5,10-13H2,1-4H3;1H. The fourth-order valence-corrected chi connectivity index (χ4v) is 2.87. The van der Waals surface area contributed by atoms with Crippen LogP contribution in [0, 0.1) is 0 Å². The average molecular weight is 325 g/mol. The highest BCUT2D eigenvalue weighted by Crippen LogP contribution is 2.23. The van der Waals surface area contributed by atoms with E-state index in [2.05, 4.69) is 45.1 Å². The van der Waals surface area contributed by atoms with E-state index in [1.165, 1.54) is 5.56 Å². The molecule has 4 heteroatoms. The molecular weight excluding hydrogens is 296 g/mol. The number of rotatable bonds is 4. The minimum atomic E-state index is 0. The minimum Gasteiger partial charge on any atom is -0.334 e. The SMILES string of the molecule is CCCN(C(=O)c1ccc(C(C)(C)C)cc1)C1CCNC1.Cl. The van der Waals surface area contributed by atoms with Crippen LogP contribution in [-0.4, -0.2) is 36.5 Å². The normalized spacial score (nSPS) is 17.9. The Hall–Kier alpha value is -1.06. The van der Waals surface area contributed by atoms with Gasteiger partial charge in [0.2, 0.25) is 0 Å². The van der Waals surface area contributed by atoms with Crippen molar-refractivity contribution in [1.82, 2.24) is 10.2 Å². The summed E-state index contributed by atoms with van der Waals surface area (Å²) in [7, 11) is 0. The molecule has 124 valence electrons. The van der Waals surface area contributed by atoms with E-state index in [0.29, 0.717) is 6.04 Å². The summed E-state index contributed by atoms with van der Waals surface area (Å²) < 4.78 is 0. The van der Waals surface area contributed by atoms with Gasteiger partial charge in [0.15, 0.2) is 0 Å². The zero-order valence-electron chi connectivity index (χ0n) is 14.2. The van der Waals surface area contributed by atoms with Crippen LogP contribution >= 0.6 is 12.4 Å². The molecule has 1 atom stereocenters. The second-order valence-electron chi connectivity index (χ2n) is 6.97. The molecule has 0 spiro atoms. The molecule has 1 aliphatic heterocycles. The number of hydrogen-bond acceptors (Lipinski definition) is 2. The van der Waals surface area contributed by atoms with Crippen LogP contribution in [0.3, 0.4) is 0 Å². The summed E-state index contributed by atoms with van der Waals surface area (Å²) in [6.07, 6.45) is 2.06. The molecule has 0 bridgehead atoms.